The van der Waals surface area contributed by atoms with Crippen LogP contribution in [0.5, 0.6) is 0 Å². The summed E-state index contributed by atoms with van der Waals surface area (Å²) in [5, 5.41) is 0. The van der Waals surface area contributed by atoms with Gasteiger partial charge in [0.25, 0.3) is 5.56 Å². The summed E-state index contributed by atoms with van der Waals surface area (Å²) in [6.07, 6.45) is -1.19. The van der Waals surface area contributed by atoms with Crippen LogP contribution in [0.3, 0.4) is 0 Å². The topological polar surface area (TPSA) is 167 Å². The van der Waals surface area contributed by atoms with Crippen LogP contribution < -0.4 is 11.3 Å². The zero-order valence-corrected chi connectivity index (χ0v) is 16.0. The minimum Gasteiger partial charge on any atom is -0.369 e. The average molecular weight is 419 g/mol. The molecule has 0 spiro atoms. The van der Waals surface area contributed by atoms with Gasteiger partial charge in [0.15, 0.2) is 23.2 Å². The van der Waals surface area contributed by atoms with Gasteiger partial charge in [-0.3, -0.25) is 14.3 Å². The molecule has 0 bridgehead atoms. The predicted octanol–water partition coefficient (Wildman–Crippen LogP) is -0.655. The van der Waals surface area contributed by atoms with Crippen molar-refractivity contribution in [3.05, 3.63) is 16.7 Å². The lowest BCUT2D eigenvalue weighted by Crippen LogP contribution is -2.32. The van der Waals surface area contributed by atoms with Crippen molar-refractivity contribution >= 4 is 35.6 Å². The highest BCUT2D eigenvalue weighted by molar-refractivity contribution is 8.06. The van der Waals surface area contributed by atoms with Crippen LogP contribution in [0, 0.1) is 0 Å². The Morgan fingerprint density at radius 2 is 2.15 bits per heavy atom. The van der Waals surface area contributed by atoms with Crippen molar-refractivity contribution in [1.29, 1.82) is 0 Å². The lowest BCUT2D eigenvalue weighted by molar-refractivity contribution is -0.199. The number of ether oxygens (including phenoxy) is 3. The summed E-state index contributed by atoms with van der Waals surface area (Å²) >= 11 is 4.48. The second-order valence-electron chi connectivity index (χ2n) is 6.69. The third-order valence-corrected chi connectivity index (χ3v) is 5.06. The van der Waals surface area contributed by atoms with Gasteiger partial charge in [-0.05, 0) is 25.7 Å². The van der Waals surface area contributed by atoms with E-state index >= 15 is 0 Å². The number of fused-ring (bicyclic) bond motifs is 2. The molecule has 2 aliphatic heterocycles. The standard InChI is InChI=1S/C13H18N5O7PS/c1-13(2)24-7-5(3-22-26(20,21)27)23-11(8(7)25-13)18-4-15-6-9(18)16-12(14)17-10(6)19/h4-5,7-8,11H,3H2,1-2H3,(H2,20,21,27)(H3,14,16,17,19)/t5-,7-,8-,11-/m1/s1. The molecule has 2 saturated heterocycles. The highest BCUT2D eigenvalue weighted by atomic mass is 32.5. The second-order valence-corrected chi connectivity index (χ2v) is 9.36. The number of nitrogens with two attached hydrogens (primary N) is 1. The number of rotatable bonds is 4. The molecule has 2 aliphatic rings. The van der Waals surface area contributed by atoms with E-state index in [0.29, 0.717) is 0 Å². The van der Waals surface area contributed by atoms with Crippen molar-refractivity contribution in [1.82, 2.24) is 19.5 Å². The Labute approximate surface area is 157 Å². The normalized spacial score (nSPS) is 30.1. The first-order chi connectivity index (χ1) is 12.5. The number of nitrogens with zero attached hydrogens (tertiary/aromatic N) is 3. The molecule has 2 aromatic heterocycles. The summed E-state index contributed by atoms with van der Waals surface area (Å²) in [5.74, 6) is -0.956. The number of aromatic amines is 1. The Hall–Kier alpha value is -1.44. The number of anilines is 1. The van der Waals surface area contributed by atoms with Crippen LogP contribution >= 0.6 is 6.72 Å². The van der Waals surface area contributed by atoms with E-state index in [0.717, 1.165) is 0 Å². The lowest BCUT2D eigenvalue weighted by atomic mass is 10.1. The minimum atomic E-state index is -3.86. The molecular formula is C13H18N5O7PS. The Bertz CT molecular complexity index is 987. The molecule has 0 aromatic carbocycles. The number of nitrogen functional groups attached to an aromatic ring is 1. The molecule has 4 atom stereocenters. The van der Waals surface area contributed by atoms with Crippen LogP contribution in [-0.4, -0.2) is 60.0 Å². The van der Waals surface area contributed by atoms with E-state index < -0.39 is 42.6 Å². The Kier molecular flexibility index (Phi) is 4.40. The number of nitrogens with one attached hydrogen (secondary N) is 1. The Morgan fingerprint density at radius 1 is 1.44 bits per heavy atom. The van der Waals surface area contributed by atoms with E-state index in [1.165, 1.54) is 10.9 Å². The third kappa shape index (κ3) is 3.52. The summed E-state index contributed by atoms with van der Waals surface area (Å²) in [6.45, 7) is -0.568. The summed E-state index contributed by atoms with van der Waals surface area (Å²) in [4.78, 5) is 41.2. The first-order valence-corrected chi connectivity index (χ1v) is 10.6. The van der Waals surface area contributed by atoms with Crippen LogP contribution in [0.4, 0.5) is 5.95 Å². The lowest BCUT2D eigenvalue weighted by Gasteiger charge is -2.25. The van der Waals surface area contributed by atoms with Crippen molar-refractivity contribution in [2.24, 2.45) is 0 Å². The maximum atomic E-state index is 12.0. The van der Waals surface area contributed by atoms with E-state index in [9.17, 15) is 14.6 Å². The second kappa shape index (κ2) is 6.29. The molecule has 0 saturated carbocycles. The van der Waals surface area contributed by atoms with E-state index in [2.05, 4.69) is 26.8 Å². The molecule has 148 valence electrons. The number of imidazole rings is 1. The highest BCUT2D eigenvalue weighted by Crippen LogP contribution is 2.45. The molecule has 0 radical (unpaired) electrons. The molecule has 12 nitrogen and oxygen atoms in total. The smallest absolute Gasteiger partial charge is 0.321 e. The predicted molar refractivity (Wildman–Crippen MR) is 95.0 cm³/mol. The highest BCUT2D eigenvalue weighted by Gasteiger charge is 2.56. The van der Waals surface area contributed by atoms with E-state index in [1.807, 2.05) is 0 Å². The molecule has 2 fully saturated rings. The number of hydrogen-bond donors (Lipinski definition) is 4. The maximum absolute atomic E-state index is 12.0. The van der Waals surface area contributed by atoms with Gasteiger partial charge in [0, 0.05) is 0 Å². The SMILES string of the molecule is CC1(C)O[C@@H]2[C@H](O1)[C@@H](COP(O)(O)=S)O[C@H]2n1cnc2c(=O)[nH]c(N)nc21. The van der Waals surface area contributed by atoms with Crippen LogP contribution in [0.1, 0.15) is 20.1 Å². The summed E-state index contributed by atoms with van der Waals surface area (Å²) in [6, 6.07) is 0. The number of hydrogen-bond acceptors (Lipinski definition) is 9. The first kappa shape index (κ1) is 18.9. The van der Waals surface area contributed by atoms with Gasteiger partial charge in [-0.2, -0.15) is 4.98 Å². The molecule has 14 heteroatoms. The van der Waals surface area contributed by atoms with Crippen LogP contribution in [-0.2, 0) is 30.5 Å². The molecule has 5 N–H and O–H groups in total. The average Bonchev–Trinajstić information content (AvgIpc) is 3.15. The Morgan fingerprint density at radius 3 is 2.85 bits per heavy atom. The van der Waals surface area contributed by atoms with Crippen molar-refractivity contribution < 1.29 is 28.5 Å². The molecule has 4 rings (SSSR count). The molecule has 0 aliphatic carbocycles. The third-order valence-electron chi connectivity index (χ3n) is 4.26. The zero-order valence-electron chi connectivity index (χ0n) is 14.3. The van der Waals surface area contributed by atoms with E-state index in [1.54, 1.807) is 13.8 Å². The van der Waals surface area contributed by atoms with Crippen molar-refractivity contribution in [3.8, 4) is 0 Å². The van der Waals surface area contributed by atoms with Crippen molar-refractivity contribution in [2.75, 3.05) is 12.3 Å². The van der Waals surface area contributed by atoms with Gasteiger partial charge in [-0.25, -0.2) is 4.98 Å². The fourth-order valence-corrected chi connectivity index (χ4v) is 3.84. The minimum absolute atomic E-state index is 0.0612. The van der Waals surface area contributed by atoms with Crippen LogP contribution in [0.25, 0.3) is 11.2 Å². The molecule has 4 heterocycles. The molecule has 0 amide bonds. The maximum Gasteiger partial charge on any atom is 0.321 e. The van der Waals surface area contributed by atoms with Gasteiger partial charge in [0.05, 0.1) is 12.9 Å². The monoisotopic (exact) mass is 419 g/mol. The molecule has 2 aromatic rings. The fourth-order valence-electron chi connectivity index (χ4n) is 3.32. The van der Waals surface area contributed by atoms with Gasteiger partial charge in [-0.1, -0.05) is 0 Å². The number of aromatic nitrogens is 4. The first-order valence-electron chi connectivity index (χ1n) is 7.97. The molecule has 27 heavy (non-hydrogen) atoms. The Balaban J connectivity index is 1.70. The van der Waals surface area contributed by atoms with Crippen LogP contribution in [0.2, 0.25) is 0 Å². The van der Waals surface area contributed by atoms with Crippen LogP contribution in [0.15, 0.2) is 11.1 Å². The summed E-state index contributed by atoms with van der Waals surface area (Å²) in [7, 11) is 0. The van der Waals surface area contributed by atoms with Gasteiger partial charge in [0.1, 0.15) is 18.3 Å². The van der Waals surface area contributed by atoms with Crippen molar-refractivity contribution in [2.45, 2.75) is 44.2 Å². The van der Waals surface area contributed by atoms with Crippen molar-refractivity contribution in [3.63, 3.8) is 0 Å². The van der Waals surface area contributed by atoms with Gasteiger partial charge >= 0.3 is 6.72 Å². The summed E-state index contributed by atoms with van der Waals surface area (Å²) in [5.41, 5.74) is 5.49. The van der Waals surface area contributed by atoms with Gasteiger partial charge < -0.3 is 34.3 Å². The van der Waals surface area contributed by atoms with E-state index in [4.69, 9.17) is 24.5 Å². The molecular weight excluding hydrogens is 401 g/mol. The van der Waals surface area contributed by atoms with Gasteiger partial charge in [0.2, 0.25) is 5.95 Å². The number of H-pyrrole nitrogens is 1. The van der Waals surface area contributed by atoms with Gasteiger partial charge in [-0.15, -0.1) is 0 Å². The quantitative estimate of drug-likeness (QED) is 0.465. The zero-order chi connectivity index (χ0) is 19.6. The van der Waals surface area contributed by atoms with E-state index in [-0.39, 0.29) is 23.7 Å². The largest absolute Gasteiger partial charge is 0.369 e. The molecule has 0 unspecified atom stereocenters. The summed E-state index contributed by atoms with van der Waals surface area (Å²) < 4.78 is 24.2. The fraction of sp³-hybridized carbons (Fsp3) is 0.615.